The molecule has 0 fully saturated rings. The molecule has 0 saturated carbocycles. The van der Waals surface area contributed by atoms with E-state index in [1.807, 2.05) is 13.8 Å². The molecule has 0 spiro atoms. The average Bonchev–Trinajstić information content (AvgIpc) is 2.17. The van der Waals surface area contributed by atoms with Gasteiger partial charge in [0.1, 0.15) is 5.71 Å². The van der Waals surface area contributed by atoms with Gasteiger partial charge in [-0.2, -0.15) is 8.42 Å². The van der Waals surface area contributed by atoms with Gasteiger partial charge in [-0.15, -0.1) is 0 Å². The standard InChI is InChI=1S/C11H15NO4S/c1-7(2)9-6-11(13)8(3)5-10(9)12-16-17(4,14)15/h5-7H,1-4H3. The maximum atomic E-state index is 11.5. The van der Waals surface area contributed by atoms with Crippen LogP contribution < -0.4 is 0 Å². The highest BCUT2D eigenvalue weighted by atomic mass is 32.2. The molecule has 0 N–H and O–H groups in total. The Labute approximate surface area is 101 Å². The molecule has 1 aliphatic rings. The van der Waals surface area contributed by atoms with Crippen molar-refractivity contribution < 1.29 is 17.5 Å². The SMILES string of the molecule is CC1=CC(=NOS(C)(=O)=O)C(C(C)C)=CC1=O. The van der Waals surface area contributed by atoms with Crippen LogP contribution in [-0.4, -0.2) is 26.2 Å². The van der Waals surface area contributed by atoms with Crippen LogP contribution in [0.4, 0.5) is 0 Å². The third kappa shape index (κ3) is 3.81. The van der Waals surface area contributed by atoms with Gasteiger partial charge in [0.2, 0.25) is 0 Å². The molecule has 5 nitrogen and oxygen atoms in total. The lowest BCUT2D eigenvalue weighted by Crippen LogP contribution is -2.16. The average molecular weight is 257 g/mol. The highest BCUT2D eigenvalue weighted by molar-refractivity contribution is 7.85. The van der Waals surface area contributed by atoms with Crippen LogP contribution in [0, 0.1) is 5.92 Å². The van der Waals surface area contributed by atoms with Crippen molar-refractivity contribution in [2.45, 2.75) is 20.8 Å². The van der Waals surface area contributed by atoms with Crippen molar-refractivity contribution in [1.29, 1.82) is 0 Å². The summed E-state index contributed by atoms with van der Waals surface area (Å²) in [4.78, 5) is 11.5. The Balaban J connectivity index is 3.11. The number of nitrogens with zero attached hydrogens (tertiary/aromatic N) is 1. The second kappa shape index (κ2) is 4.83. The van der Waals surface area contributed by atoms with Crippen LogP contribution in [0.15, 0.2) is 28.5 Å². The van der Waals surface area contributed by atoms with E-state index in [-0.39, 0.29) is 11.7 Å². The summed E-state index contributed by atoms with van der Waals surface area (Å²) < 4.78 is 26.1. The molecule has 1 aliphatic carbocycles. The zero-order valence-corrected chi connectivity index (χ0v) is 11.0. The lowest BCUT2D eigenvalue weighted by Gasteiger charge is -2.15. The normalized spacial score (nSPS) is 19.4. The Morgan fingerprint density at radius 3 is 2.35 bits per heavy atom. The molecule has 0 aliphatic heterocycles. The van der Waals surface area contributed by atoms with Crippen molar-refractivity contribution >= 4 is 21.6 Å². The van der Waals surface area contributed by atoms with Crippen LogP contribution >= 0.6 is 0 Å². The number of rotatable bonds is 3. The maximum Gasteiger partial charge on any atom is 0.325 e. The number of carbonyl (C=O) groups excluding carboxylic acids is 1. The van der Waals surface area contributed by atoms with Gasteiger partial charge in [0, 0.05) is 0 Å². The summed E-state index contributed by atoms with van der Waals surface area (Å²) in [5.74, 6) is -0.0304. The van der Waals surface area contributed by atoms with E-state index >= 15 is 0 Å². The number of ketones is 1. The minimum atomic E-state index is -3.63. The van der Waals surface area contributed by atoms with Crippen LogP contribution in [0.25, 0.3) is 0 Å². The molecule has 0 amide bonds. The number of carbonyl (C=O) groups is 1. The fourth-order valence-corrected chi connectivity index (χ4v) is 1.55. The van der Waals surface area contributed by atoms with Crippen LogP contribution in [-0.2, 0) is 19.2 Å². The maximum absolute atomic E-state index is 11.5. The molecule has 0 bridgehead atoms. The molecular weight excluding hydrogens is 242 g/mol. The summed E-state index contributed by atoms with van der Waals surface area (Å²) in [6.07, 6.45) is 3.91. The van der Waals surface area contributed by atoms with Gasteiger partial charge in [0.15, 0.2) is 5.78 Å². The Kier molecular flexibility index (Phi) is 3.87. The fraction of sp³-hybridized carbons (Fsp3) is 0.455. The topological polar surface area (TPSA) is 72.8 Å². The molecule has 17 heavy (non-hydrogen) atoms. The van der Waals surface area contributed by atoms with E-state index in [0.717, 1.165) is 6.26 Å². The minimum Gasteiger partial charge on any atom is -0.290 e. The van der Waals surface area contributed by atoms with Gasteiger partial charge in [-0.1, -0.05) is 19.0 Å². The molecule has 0 aromatic carbocycles. The van der Waals surface area contributed by atoms with Gasteiger partial charge in [0.25, 0.3) is 0 Å². The quantitative estimate of drug-likeness (QED) is 0.566. The summed E-state index contributed by atoms with van der Waals surface area (Å²) in [7, 11) is -3.63. The molecule has 0 radical (unpaired) electrons. The first-order chi connectivity index (χ1) is 7.70. The first kappa shape index (κ1) is 13.6. The van der Waals surface area contributed by atoms with Crippen LogP contribution in [0.1, 0.15) is 20.8 Å². The van der Waals surface area contributed by atoms with Crippen LogP contribution in [0.3, 0.4) is 0 Å². The Morgan fingerprint density at radius 1 is 1.29 bits per heavy atom. The summed E-state index contributed by atoms with van der Waals surface area (Å²) in [6, 6.07) is 0. The van der Waals surface area contributed by atoms with Crippen molar-refractivity contribution in [2.24, 2.45) is 11.1 Å². The fourth-order valence-electron chi connectivity index (χ4n) is 1.34. The number of oxime groups is 1. The van der Waals surface area contributed by atoms with Crippen molar-refractivity contribution in [3.63, 3.8) is 0 Å². The van der Waals surface area contributed by atoms with E-state index in [2.05, 4.69) is 9.44 Å². The van der Waals surface area contributed by atoms with Gasteiger partial charge in [-0.05, 0) is 36.1 Å². The summed E-state index contributed by atoms with van der Waals surface area (Å²) in [5, 5.41) is 3.57. The molecule has 0 atom stereocenters. The second-order valence-corrected chi connectivity index (χ2v) is 5.76. The minimum absolute atomic E-state index is 0.0604. The highest BCUT2D eigenvalue weighted by Crippen LogP contribution is 2.20. The summed E-state index contributed by atoms with van der Waals surface area (Å²) in [5.41, 5.74) is 1.55. The van der Waals surface area contributed by atoms with E-state index in [4.69, 9.17) is 0 Å². The van der Waals surface area contributed by atoms with Gasteiger partial charge in [-0.3, -0.25) is 9.08 Å². The molecule has 0 aromatic rings. The largest absolute Gasteiger partial charge is 0.325 e. The van der Waals surface area contributed by atoms with Crippen LogP contribution in [0.5, 0.6) is 0 Å². The molecule has 0 heterocycles. The Hall–Kier alpha value is -1.43. The monoisotopic (exact) mass is 257 g/mol. The smallest absolute Gasteiger partial charge is 0.290 e. The summed E-state index contributed by atoms with van der Waals surface area (Å²) in [6.45, 7) is 5.43. The molecule has 0 saturated heterocycles. The number of hydrogen-bond acceptors (Lipinski definition) is 5. The first-order valence-electron chi connectivity index (χ1n) is 5.12. The third-order valence-corrected chi connectivity index (χ3v) is 2.56. The zero-order chi connectivity index (χ0) is 13.2. The van der Waals surface area contributed by atoms with Gasteiger partial charge in [0.05, 0.1) is 6.26 Å². The van der Waals surface area contributed by atoms with E-state index in [0.29, 0.717) is 16.9 Å². The van der Waals surface area contributed by atoms with Crippen molar-refractivity contribution in [3.8, 4) is 0 Å². The molecule has 0 aromatic heterocycles. The van der Waals surface area contributed by atoms with E-state index in [1.165, 1.54) is 12.2 Å². The van der Waals surface area contributed by atoms with E-state index in [1.54, 1.807) is 6.92 Å². The van der Waals surface area contributed by atoms with Crippen molar-refractivity contribution in [3.05, 3.63) is 23.3 Å². The van der Waals surface area contributed by atoms with E-state index < -0.39 is 10.1 Å². The molecule has 1 rings (SSSR count). The second-order valence-electron chi connectivity index (χ2n) is 4.20. The number of allylic oxidation sites excluding steroid dienone is 4. The van der Waals surface area contributed by atoms with Gasteiger partial charge < -0.3 is 0 Å². The van der Waals surface area contributed by atoms with Crippen molar-refractivity contribution in [1.82, 2.24) is 0 Å². The first-order valence-corrected chi connectivity index (χ1v) is 6.93. The summed E-state index contributed by atoms with van der Waals surface area (Å²) >= 11 is 0. The lowest BCUT2D eigenvalue weighted by atomic mass is 9.90. The Morgan fingerprint density at radius 2 is 1.88 bits per heavy atom. The predicted octanol–water partition coefficient (Wildman–Crippen LogP) is 1.43. The molecular formula is C11H15NO4S. The lowest BCUT2D eigenvalue weighted by molar-refractivity contribution is -0.111. The predicted molar refractivity (Wildman–Crippen MR) is 65.0 cm³/mol. The Bertz CT molecular complexity index is 524. The highest BCUT2D eigenvalue weighted by Gasteiger charge is 2.19. The molecule has 6 heteroatoms. The van der Waals surface area contributed by atoms with E-state index in [9.17, 15) is 13.2 Å². The van der Waals surface area contributed by atoms with Gasteiger partial charge in [-0.25, -0.2) is 0 Å². The number of hydrogen-bond donors (Lipinski definition) is 0. The molecule has 0 unspecified atom stereocenters. The van der Waals surface area contributed by atoms with Crippen LogP contribution in [0.2, 0.25) is 0 Å². The van der Waals surface area contributed by atoms with Gasteiger partial charge >= 0.3 is 10.1 Å². The molecule has 94 valence electrons. The third-order valence-electron chi connectivity index (χ3n) is 2.22. The zero-order valence-electron chi connectivity index (χ0n) is 10.2. The van der Waals surface area contributed by atoms with Crippen molar-refractivity contribution in [2.75, 3.05) is 6.26 Å².